The normalized spacial score (nSPS) is 28.9. The number of nitrogens with zero attached hydrogens (tertiary/aromatic N) is 1. The van der Waals surface area contributed by atoms with Crippen molar-refractivity contribution in [2.24, 2.45) is 17.3 Å². The molecular formula is C17H29NO3. The zero-order chi connectivity index (χ0) is 15.6. The Morgan fingerprint density at radius 3 is 2.38 bits per heavy atom. The van der Waals surface area contributed by atoms with Crippen molar-refractivity contribution >= 4 is 11.9 Å². The topological polar surface area (TPSA) is 57.6 Å². The van der Waals surface area contributed by atoms with Crippen LogP contribution in [-0.4, -0.2) is 34.5 Å². The maximum absolute atomic E-state index is 13.2. The van der Waals surface area contributed by atoms with Crippen LogP contribution >= 0.6 is 0 Å². The Morgan fingerprint density at radius 2 is 1.86 bits per heavy atom. The van der Waals surface area contributed by atoms with E-state index < -0.39 is 12.0 Å². The summed E-state index contributed by atoms with van der Waals surface area (Å²) in [7, 11) is 0. The van der Waals surface area contributed by atoms with Gasteiger partial charge in [0.1, 0.15) is 6.04 Å². The van der Waals surface area contributed by atoms with Crippen LogP contribution in [0.15, 0.2) is 0 Å². The summed E-state index contributed by atoms with van der Waals surface area (Å²) in [6.45, 7) is 6.88. The van der Waals surface area contributed by atoms with Crippen molar-refractivity contribution in [3.8, 4) is 0 Å². The molecule has 1 saturated carbocycles. The highest BCUT2D eigenvalue weighted by Gasteiger charge is 2.48. The van der Waals surface area contributed by atoms with Gasteiger partial charge in [0.05, 0.1) is 0 Å². The second-order valence-corrected chi connectivity index (χ2v) is 7.49. The Bertz CT molecular complexity index is 399. The Balaban J connectivity index is 2.24. The second kappa shape index (κ2) is 6.37. The van der Waals surface area contributed by atoms with E-state index in [1.165, 1.54) is 0 Å². The summed E-state index contributed by atoms with van der Waals surface area (Å²) in [6.07, 6.45) is 6.77. The molecule has 2 fully saturated rings. The van der Waals surface area contributed by atoms with Crippen LogP contribution in [0.2, 0.25) is 0 Å². The van der Waals surface area contributed by atoms with Crippen LogP contribution in [0.5, 0.6) is 0 Å². The molecule has 0 spiro atoms. The number of piperidine rings is 1. The molecule has 120 valence electrons. The molecule has 0 radical (unpaired) electrons. The Labute approximate surface area is 127 Å². The van der Waals surface area contributed by atoms with E-state index in [-0.39, 0.29) is 17.2 Å². The fourth-order valence-electron chi connectivity index (χ4n) is 4.44. The standard InChI is InChI=1S/C17H29NO3/c1-12(2)11-17(8-4-5-9-17)16(21)18-10-6-7-13(3)14(18)15(19)20/h12-14H,4-11H2,1-3H3,(H,19,20). The second-order valence-electron chi connectivity index (χ2n) is 7.49. The van der Waals surface area contributed by atoms with Crippen molar-refractivity contribution in [1.29, 1.82) is 0 Å². The van der Waals surface area contributed by atoms with Crippen LogP contribution in [0, 0.1) is 17.3 Å². The fourth-order valence-corrected chi connectivity index (χ4v) is 4.44. The maximum Gasteiger partial charge on any atom is 0.326 e. The predicted octanol–water partition coefficient (Wildman–Crippen LogP) is 3.30. The van der Waals surface area contributed by atoms with E-state index in [4.69, 9.17) is 0 Å². The predicted molar refractivity (Wildman–Crippen MR) is 81.9 cm³/mol. The van der Waals surface area contributed by atoms with E-state index in [1.807, 2.05) is 6.92 Å². The molecule has 4 nitrogen and oxygen atoms in total. The lowest BCUT2D eigenvalue weighted by atomic mass is 9.76. The number of carboxylic acids is 1. The summed E-state index contributed by atoms with van der Waals surface area (Å²) in [4.78, 5) is 26.5. The van der Waals surface area contributed by atoms with Gasteiger partial charge < -0.3 is 10.0 Å². The van der Waals surface area contributed by atoms with Crippen molar-refractivity contribution in [3.05, 3.63) is 0 Å². The third kappa shape index (κ3) is 3.24. The van der Waals surface area contributed by atoms with Crippen molar-refractivity contribution < 1.29 is 14.7 Å². The van der Waals surface area contributed by atoms with E-state index in [2.05, 4.69) is 13.8 Å². The summed E-state index contributed by atoms with van der Waals surface area (Å²) in [5.74, 6) is -0.198. The highest BCUT2D eigenvalue weighted by molar-refractivity contribution is 5.88. The van der Waals surface area contributed by atoms with Crippen molar-refractivity contribution in [2.45, 2.75) is 71.8 Å². The molecule has 1 aliphatic heterocycles. The Morgan fingerprint density at radius 1 is 1.24 bits per heavy atom. The van der Waals surface area contributed by atoms with E-state index in [0.717, 1.165) is 44.9 Å². The molecule has 1 heterocycles. The molecular weight excluding hydrogens is 266 g/mol. The molecule has 1 saturated heterocycles. The molecule has 0 aromatic heterocycles. The van der Waals surface area contributed by atoms with Gasteiger partial charge in [-0.05, 0) is 43.9 Å². The van der Waals surface area contributed by atoms with Gasteiger partial charge in [0, 0.05) is 12.0 Å². The van der Waals surface area contributed by atoms with Crippen LogP contribution in [0.3, 0.4) is 0 Å². The summed E-state index contributed by atoms with van der Waals surface area (Å²) < 4.78 is 0. The van der Waals surface area contributed by atoms with Gasteiger partial charge in [-0.1, -0.05) is 33.6 Å². The Kier molecular flexibility index (Phi) is 4.95. The summed E-state index contributed by atoms with van der Waals surface area (Å²) in [5, 5.41) is 9.54. The van der Waals surface area contributed by atoms with E-state index in [9.17, 15) is 14.7 Å². The first-order chi connectivity index (χ1) is 9.87. The molecule has 2 unspecified atom stereocenters. The number of aliphatic carboxylic acids is 1. The van der Waals surface area contributed by atoms with Gasteiger partial charge in [-0.3, -0.25) is 4.79 Å². The zero-order valence-corrected chi connectivity index (χ0v) is 13.6. The largest absolute Gasteiger partial charge is 0.480 e. The SMILES string of the molecule is CC(C)CC1(C(=O)N2CCCC(C)C2C(=O)O)CCCC1. The number of hydrogen-bond acceptors (Lipinski definition) is 2. The van der Waals surface area contributed by atoms with Gasteiger partial charge in [0.15, 0.2) is 0 Å². The number of carbonyl (C=O) groups excluding carboxylic acids is 1. The summed E-state index contributed by atoms with van der Waals surface area (Å²) in [5.41, 5.74) is -0.293. The highest BCUT2D eigenvalue weighted by atomic mass is 16.4. The number of amides is 1. The molecule has 0 bridgehead atoms. The van der Waals surface area contributed by atoms with Gasteiger partial charge in [-0.2, -0.15) is 0 Å². The van der Waals surface area contributed by atoms with Gasteiger partial charge in [-0.25, -0.2) is 4.79 Å². The first kappa shape index (κ1) is 16.3. The van der Waals surface area contributed by atoms with Gasteiger partial charge in [0.25, 0.3) is 0 Å². The van der Waals surface area contributed by atoms with Crippen LogP contribution < -0.4 is 0 Å². The smallest absolute Gasteiger partial charge is 0.326 e. The lowest BCUT2D eigenvalue weighted by molar-refractivity contribution is -0.160. The molecule has 1 aliphatic carbocycles. The van der Waals surface area contributed by atoms with Crippen LogP contribution in [0.25, 0.3) is 0 Å². The van der Waals surface area contributed by atoms with Gasteiger partial charge in [-0.15, -0.1) is 0 Å². The monoisotopic (exact) mass is 295 g/mol. The molecule has 1 amide bonds. The van der Waals surface area contributed by atoms with Crippen molar-refractivity contribution in [1.82, 2.24) is 4.90 Å². The quantitative estimate of drug-likeness (QED) is 0.865. The zero-order valence-electron chi connectivity index (χ0n) is 13.6. The minimum absolute atomic E-state index is 0.0534. The van der Waals surface area contributed by atoms with Gasteiger partial charge >= 0.3 is 5.97 Å². The lowest BCUT2D eigenvalue weighted by Gasteiger charge is -2.42. The van der Waals surface area contributed by atoms with E-state index in [0.29, 0.717) is 12.5 Å². The third-order valence-corrected chi connectivity index (χ3v) is 5.26. The van der Waals surface area contributed by atoms with Crippen molar-refractivity contribution in [3.63, 3.8) is 0 Å². The molecule has 0 aromatic carbocycles. The van der Waals surface area contributed by atoms with Gasteiger partial charge in [0.2, 0.25) is 5.91 Å². The average molecular weight is 295 g/mol. The molecule has 21 heavy (non-hydrogen) atoms. The average Bonchev–Trinajstić information content (AvgIpc) is 2.85. The minimum atomic E-state index is -0.840. The number of rotatable bonds is 4. The molecule has 0 aromatic rings. The summed E-state index contributed by atoms with van der Waals surface area (Å²) >= 11 is 0. The molecule has 4 heteroatoms. The number of hydrogen-bond donors (Lipinski definition) is 1. The molecule has 2 rings (SSSR count). The number of likely N-dealkylation sites (tertiary alicyclic amines) is 1. The van der Waals surface area contributed by atoms with Crippen molar-refractivity contribution in [2.75, 3.05) is 6.54 Å². The van der Waals surface area contributed by atoms with Crippen LogP contribution in [0.4, 0.5) is 0 Å². The highest BCUT2D eigenvalue weighted by Crippen LogP contribution is 2.45. The van der Waals surface area contributed by atoms with E-state index in [1.54, 1.807) is 4.90 Å². The fraction of sp³-hybridized carbons (Fsp3) is 0.882. The molecule has 1 N–H and O–H groups in total. The third-order valence-electron chi connectivity index (χ3n) is 5.26. The first-order valence-electron chi connectivity index (χ1n) is 8.41. The maximum atomic E-state index is 13.2. The van der Waals surface area contributed by atoms with Crippen LogP contribution in [0.1, 0.15) is 65.7 Å². The minimum Gasteiger partial charge on any atom is -0.480 e. The van der Waals surface area contributed by atoms with E-state index >= 15 is 0 Å². The first-order valence-corrected chi connectivity index (χ1v) is 8.41. The Hall–Kier alpha value is -1.06. The molecule has 2 aliphatic rings. The van der Waals surface area contributed by atoms with Crippen LogP contribution in [-0.2, 0) is 9.59 Å². The number of carbonyl (C=O) groups is 2. The molecule has 2 atom stereocenters. The summed E-state index contributed by atoms with van der Waals surface area (Å²) in [6, 6.07) is -0.629. The lowest BCUT2D eigenvalue weighted by Crippen LogP contribution is -2.56. The number of carboxylic acid groups (broad SMARTS) is 1.